The van der Waals surface area contributed by atoms with E-state index in [0.717, 1.165) is 6.42 Å². The number of fused-ring (bicyclic) bond motifs is 1. The van der Waals surface area contributed by atoms with E-state index < -0.39 is 4.92 Å². The van der Waals surface area contributed by atoms with Crippen LogP contribution in [0, 0.1) is 10.1 Å². The summed E-state index contributed by atoms with van der Waals surface area (Å²) in [7, 11) is 0. The fraction of sp³-hybridized carbons (Fsp3) is 0.545. The van der Waals surface area contributed by atoms with Crippen LogP contribution in [-0.4, -0.2) is 51.4 Å². The maximum atomic E-state index is 11.7. The number of piperazine rings is 1. The molecular weight excluding hydrogens is 278 g/mol. The lowest BCUT2D eigenvalue weighted by Crippen LogP contribution is -2.51. The van der Waals surface area contributed by atoms with Crippen molar-refractivity contribution in [2.75, 3.05) is 30.0 Å². The molecule has 3 heterocycles. The summed E-state index contributed by atoms with van der Waals surface area (Å²) in [5, 5.41) is 11.3. The van der Waals surface area contributed by atoms with Crippen LogP contribution in [0.4, 0.5) is 17.3 Å². The third-order valence-electron chi connectivity index (χ3n) is 3.92. The zero-order valence-corrected chi connectivity index (χ0v) is 11.2. The van der Waals surface area contributed by atoms with Crippen LogP contribution in [0.3, 0.4) is 0 Å². The van der Waals surface area contributed by atoms with Gasteiger partial charge in [-0.05, 0) is 6.42 Å². The second kappa shape index (κ2) is 5.13. The van der Waals surface area contributed by atoms with E-state index in [1.165, 1.54) is 6.33 Å². The summed E-state index contributed by atoms with van der Waals surface area (Å²) < 4.78 is 0. The lowest BCUT2D eigenvalue weighted by atomic mass is 10.1. The van der Waals surface area contributed by atoms with Crippen LogP contribution >= 0.6 is 0 Å². The molecule has 10 nitrogen and oxygen atoms in total. The summed E-state index contributed by atoms with van der Waals surface area (Å²) in [6, 6.07) is 0.0927. The lowest BCUT2D eigenvalue weighted by molar-refractivity contribution is -0.383. The molecule has 1 unspecified atom stereocenters. The van der Waals surface area contributed by atoms with Crippen molar-refractivity contribution < 1.29 is 9.72 Å². The number of hydrazine groups is 1. The number of nitrogens with one attached hydrogen (secondary N) is 1. The molecule has 3 rings (SSSR count). The van der Waals surface area contributed by atoms with Gasteiger partial charge in [0.2, 0.25) is 17.5 Å². The van der Waals surface area contributed by atoms with Crippen molar-refractivity contribution in [1.29, 1.82) is 0 Å². The molecule has 112 valence electrons. The molecule has 21 heavy (non-hydrogen) atoms. The number of amides is 1. The van der Waals surface area contributed by atoms with E-state index in [0.29, 0.717) is 26.1 Å². The van der Waals surface area contributed by atoms with Crippen molar-refractivity contribution in [3.63, 3.8) is 0 Å². The molecule has 1 amide bonds. The lowest BCUT2D eigenvalue weighted by Gasteiger charge is -2.37. The van der Waals surface area contributed by atoms with Gasteiger partial charge in [0, 0.05) is 32.1 Å². The van der Waals surface area contributed by atoms with E-state index in [2.05, 4.69) is 15.4 Å². The largest absolute Gasteiger partial charge is 0.354 e. The number of hydrogen-bond acceptors (Lipinski definition) is 8. The first-order valence-electron chi connectivity index (χ1n) is 6.62. The molecule has 3 N–H and O–H groups in total. The Morgan fingerprint density at radius 1 is 1.43 bits per heavy atom. The summed E-state index contributed by atoms with van der Waals surface area (Å²) in [5.74, 6) is 5.65. The van der Waals surface area contributed by atoms with Crippen molar-refractivity contribution in [3.8, 4) is 0 Å². The van der Waals surface area contributed by atoms with Gasteiger partial charge >= 0.3 is 5.69 Å². The van der Waals surface area contributed by atoms with Crippen molar-refractivity contribution in [2.24, 2.45) is 5.84 Å². The second-order valence-corrected chi connectivity index (χ2v) is 5.02. The SMILES string of the molecule is NNc1ncnc(N2CCN3C(=O)CCC3C2)c1[N+](=O)[O-]. The van der Waals surface area contributed by atoms with Gasteiger partial charge in [0.05, 0.1) is 4.92 Å². The number of rotatable bonds is 3. The van der Waals surface area contributed by atoms with Crippen LogP contribution in [0.2, 0.25) is 0 Å². The van der Waals surface area contributed by atoms with Gasteiger partial charge in [-0.1, -0.05) is 0 Å². The first-order valence-corrected chi connectivity index (χ1v) is 6.62. The van der Waals surface area contributed by atoms with E-state index in [4.69, 9.17) is 5.84 Å². The molecule has 0 spiro atoms. The Morgan fingerprint density at radius 3 is 2.95 bits per heavy atom. The standard InChI is InChI=1S/C11H15N7O3/c12-15-10-9(18(20)21)11(14-6-13-10)16-3-4-17-7(5-16)1-2-8(17)19/h6-7H,1-5,12H2,(H,13,14,15). The van der Waals surface area contributed by atoms with Gasteiger partial charge < -0.3 is 15.2 Å². The molecule has 1 atom stereocenters. The van der Waals surface area contributed by atoms with Crippen molar-refractivity contribution >= 4 is 23.2 Å². The van der Waals surface area contributed by atoms with Gasteiger partial charge in [0.15, 0.2) is 0 Å². The predicted molar refractivity (Wildman–Crippen MR) is 73.4 cm³/mol. The highest BCUT2D eigenvalue weighted by Gasteiger charge is 2.38. The number of nitro groups is 1. The smallest absolute Gasteiger partial charge is 0.347 e. The maximum Gasteiger partial charge on any atom is 0.354 e. The molecule has 0 bridgehead atoms. The minimum Gasteiger partial charge on any atom is -0.347 e. The number of hydrogen-bond donors (Lipinski definition) is 2. The van der Waals surface area contributed by atoms with Crippen LogP contribution in [0.25, 0.3) is 0 Å². The Balaban J connectivity index is 1.91. The molecule has 1 aromatic rings. The summed E-state index contributed by atoms with van der Waals surface area (Å²) in [5.41, 5.74) is 1.99. The van der Waals surface area contributed by atoms with Gasteiger partial charge in [0.25, 0.3) is 0 Å². The molecule has 1 aromatic heterocycles. The Labute approximate surface area is 120 Å². The van der Waals surface area contributed by atoms with Gasteiger partial charge in [-0.2, -0.15) is 0 Å². The van der Waals surface area contributed by atoms with Gasteiger partial charge in [0.1, 0.15) is 6.33 Å². The van der Waals surface area contributed by atoms with E-state index in [1.807, 2.05) is 9.80 Å². The van der Waals surface area contributed by atoms with E-state index >= 15 is 0 Å². The molecule has 10 heteroatoms. The van der Waals surface area contributed by atoms with Crippen LogP contribution in [-0.2, 0) is 4.79 Å². The zero-order valence-electron chi connectivity index (χ0n) is 11.2. The topological polar surface area (TPSA) is 131 Å². The number of carbonyl (C=O) groups excluding carboxylic acids is 1. The summed E-state index contributed by atoms with van der Waals surface area (Å²) in [6.45, 7) is 1.59. The Bertz CT molecular complexity index is 593. The van der Waals surface area contributed by atoms with E-state index in [1.54, 1.807) is 0 Å². The van der Waals surface area contributed by atoms with Crippen molar-refractivity contribution in [1.82, 2.24) is 14.9 Å². The summed E-state index contributed by atoms with van der Waals surface area (Å²) >= 11 is 0. The summed E-state index contributed by atoms with van der Waals surface area (Å²) in [6.07, 6.45) is 2.56. The average molecular weight is 293 g/mol. The highest BCUT2D eigenvalue weighted by Crippen LogP contribution is 2.33. The first-order chi connectivity index (χ1) is 10.1. The molecule has 2 aliphatic heterocycles. The molecule has 2 fully saturated rings. The van der Waals surface area contributed by atoms with Crippen molar-refractivity contribution in [2.45, 2.75) is 18.9 Å². The average Bonchev–Trinajstić information content (AvgIpc) is 2.87. The molecule has 2 saturated heterocycles. The van der Waals surface area contributed by atoms with Crippen molar-refractivity contribution in [3.05, 3.63) is 16.4 Å². The molecule has 0 aliphatic carbocycles. The molecule has 0 saturated carbocycles. The van der Waals surface area contributed by atoms with E-state index in [-0.39, 0.29) is 29.3 Å². The highest BCUT2D eigenvalue weighted by molar-refractivity contribution is 5.79. The van der Waals surface area contributed by atoms with Gasteiger partial charge in [-0.15, -0.1) is 0 Å². The molecule has 0 aromatic carbocycles. The van der Waals surface area contributed by atoms with Gasteiger partial charge in [-0.25, -0.2) is 15.8 Å². The van der Waals surface area contributed by atoms with Crippen LogP contribution in [0.1, 0.15) is 12.8 Å². The number of aromatic nitrogens is 2. The molecule has 2 aliphatic rings. The fourth-order valence-electron chi connectivity index (χ4n) is 2.93. The van der Waals surface area contributed by atoms with Crippen LogP contribution in [0.15, 0.2) is 6.33 Å². The predicted octanol–water partition coefficient (Wildman–Crippen LogP) is -0.519. The number of nitrogens with zero attached hydrogens (tertiary/aromatic N) is 5. The second-order valence-electron chi connectivity index (χ2n) is 5.02. The van der Waals surface area contributed by atoms with Gasteiger partial charge in [-0.3, -0.25) is 14.9 Å². The minimum absolute atomic E-state index is 0.0186. The third-order valence-corrected chi connectivity index (χ3v) is 3.92. The number of anilines is 2. The number of nitrogen functional groups attached to an aromatic ring is 1. The normalized spacial score (nSPS) is 21.4. The maximum absolute atomic E-state index is 11.7. The monoisotopic (exact) mass is 293 g/mol. The third kappa shape index (κ3) is 2.23. The number of nitrogens with two attached hydrogens (primary N) is 1. The Morgan fingerprint density at radius 2 is 2.24 bits per heavy atom. The van der Waals surface area contributed by atoms with Crippen LogP contribution in [0.5, 0.6) is 0 Å². The quantitative estimate of drug-likeness (QED) is 0.432. The van der Waals surface area contributed by atoms with Crippen LogP contribution < -0.4 is 16.2 Å². The highest BCUT2D eigenvalue weighted by atomic mass is 16.6. The minimum atomic E-state index is -0.545. The first kappa shape index (κ1) is 13.5. The Kier molecular flexibility index (Phi) is 3.29. The Hall–Kier alpha value is -2.49. The van der Waals surface area contributed by atoms with E-state index in [9.17, 15) is 14.9 Å². The summed E-state index contributed by atoms with van der Waals surface area (Å²) in [4.78, 5) is 33.9. The fourth-order valence-corrected chi connectivity index (χ4v) is 2.93. The number of carbonyl (C=O) groups is 1. The molecular formula is C11H15N7O3. The molecule has 0 radical (unpaired) electrons. The zero-order chi connectivity index (χ0) is 15.0.